The Balaban J connectivity index is 2.82. The molecule has 1 amide bonds. The molecule has 13 heavy (non-hydrogen) atoms. The molecule has 1 saturated heterocycles. The summed E-state index contributed by atoms with van der Waals surface area (Å²) in [6.07, 6.45) is 2.64. The van der Waals surface area contributed by atoms with Gasteiger partial charge in [-0.15, -0.1) is 0 Å². The van der Waals surface area contributed by atoms with E-state index in [0.717, 1.165) is 19.3 Å². The van der Waals surface area contributed by atoms with Gasteiger partial charge in [0.25, 0.3) is 5.91 Å². The number of carbonyl (C=O) groups is 1. The second-order valence-corrected chi connectivity index (χ2v) is 3.34. The SMILES string of the molecule is CCCC1(CC)NC(=NC)NC1=O. The van der Waals surface area contributed by atoms with Crippen molar-refractivity contribution in [3.05, 3.63) is 0 Å². The van der Waals surface area contributed by atoms with Crippen LogP contribution in [0.4, 0.5) is 0 Å². The Morgan fingerprint density at radius 1 is 1.46 bits per heavy atom. The van der Waals surface area contributed by atoms with Crippen LogP contribution in [0.25, 0.3) is 0 Å². The van der Waals surface area contributed by atoms with E-state index >= 15 is 0 Å². The molecule has 74 valence electrons. The van der Waals surface area contributed by atoms with Gasteiger partial charge in [0.05, 0.1) is 0 Å². The largest absolute Gasteiger partial charge is 0.342 e. The molecular weight excluding hydrogens is 166 g/mol. The van der Waals surface area contributed by atoms with Gasteiger partial charge in [-0.05, 0) is 12.8 Å². The van der Waals surface area contributed by atoms with E-state index in [4.69, 9.17) is 0 Å². The Morgan fingerprint density at radius 2 is 2.15 bits per heavy atom. The van der Waals surface area contributed by atoms with E-state index in [0.29, 0.717) is 5.96 Å². The average molecular weight is 183 g/mol. The summed E-state index contributed by atoms with van der Waals surface area (Å²) < 4.78 is 0. The van der Waals surface area contributed by atoms with E-state index in [1.807, 2.05) is 6.92 Å². The van der Waals surface area contributed by atoms with Gasteiger partial charge in [0.2, 0.25) is 0 Å². The molecule has 0 aromatic heterocycles. The second kappa shape index (κ2) is 3.77. The van der Waals surface area contributed by atoms with Crippen molar-refractivity contribution in [2.24, 2.45) is 4.99 Å². The molecule has 1 atom stereocenters. The van der Waals surface area contributed by atoms with Crippen molar-refractivity contribution < 1.29 is 4.79 Å². The van der Waals surface area contributed by atoms with E-state index in [9.17, 15) is 4.79 Å². The molecule has 1 fully saturated rings. The minimum Gasteiger partial charge on any atom is -0.342 e. The van der Waals surface area contributed by atoms with Gasteiger partial charge >= 0.3 is 0 Å². The van der Waals surface area contributed by atoms with Crippen LogP contribution >= 0.6 is 0 Å². The summed E-state index contributed by atoms with van der Waals surface area (Å²) in [5, 5.41) is 5.87. The number of carbonyl (C=O) groups excluding carboxylic acids is 1. The van der Waals surface area contributed by atoms with E-state index in [1.54, 1.807) is 7.05 Å². The first kappa shape index (κ1) is 10.0. The smallest absolute Gasteiger partial charge is 0.252 e. The van der Waals surface area contributed by atoms with Crippen molar-refractivity contribution in [2.45, 2.75) is 38.6 Å². The lowest BCUT2D eigenvalue weighted by molar-refractivity contribution is -0.124. The van der Waals surface area contributed by atoms with Gasteiger partial charge in [-0.25, -0.2) is 0 Å². The molecule has 1 aliphatic heterocycles. The van der Waals surface area contributed by atoms with Gasteiger partial charge in [-0.2, -0.15) is 0 Å². The number of hydrogen-bond acceptors (Lipinski definition) is 2. The highest BCUT2D eigenvalue weighted by molar-refractivity contribution is 6.08. The molecule has 0 aliphatic carbocycles. The molecule has 4 nitrogen and oxygen atoms in total. The summed E-state index contributed by atoms with van der Waals surface area (Å²) in [5.74, 6) is 0.651. The number of rotatable bonds is 3. The topological polar surface area (TPSA) is 53.5 Å². The fourth-order valence-corrected chi connectivity index (χ4v) is 1.68. The van der Waals surface area contributed by atoms with Gasteiger partial charge in [0.1, 0.15) is 5.54 Å². The Bertz CT molecular complexity index is 237. The lowest BCUT2D eigenvalue weighted by Crippen LogP contribution is -2.46. The highest BCUT2D eigenvalue weighted by atomic mass is 16.2. The first-order valence-corrected chi connectivity index (χ1v) is 4.75. The molecule has 0 aromatic rings. The van der Waals surface area contributed by atoms with Crippen molar-refractivity contribution in [2.75, 3.05) is 7.05 Å². The molecular formula is C9H17N3O. The highest BCUT2D eigenvalue weighted by Gasteiger charge is 2.42. The number of nitrogens with one attached hydrogen (secondary N) is 2. The number of guanidine groups is 1. The van der Waals surface area contributed by atoms with E-state index in [1.165, 1.54) is 0 Å². The maximum Gasteiger partial charge on any atom is 0.252 e. The van der Waals surface area contributed by atoms with Gasteiger partial charge in [-0.1, -0.05) is 20.3 Å². The lowest BCUT2D eigenvalue weighted by Gasteiger charge is -2.23. The Kier molecular flexibility index (Phi) is 2.90. The minimum absolute atomic E-state index is 0.0532. The van der Waals surface area contributed by atoms with Crippen molar-refractivity contribution >= 4 is 11.9 Å². The monoisotopic (exact) mass is 183 g/mol. The van der Waals surface area contributed by atoms with Crippen LogP contribution in [-0.2, 0) is 4.79 Å². The van der Waals surface area contributed by atoms with Gasteiger partial charge in [0.15, 0.2) is 5.96 Å². The standard InChI is InChI=1S/C9H17N3O/c1-4-6-9(5-2)7(13)11-8(10-3)12-9/h4-6H2,1-3H3,(H2,10,11,12,13). The third-order valence-corrected chi connectivity index (χ3v) is 2.53. The van der Waals surface area contributed by atoms with Crippen molar-refractivity contribution in [3.8, 4) is 0 Å². The fraction of sp³-hybridized carbons (Fsp3) is 0.778. The zero-order valence-corrected chi connectivity index (χ0v) is 8.48. The molecule has 1 aliphatic rings. The first-order chi connectivity index (χ1) is 6.18. The zero-order valence-electron chi connectivity index (χ0n) is 8.48. The average Bonchev–Trinajstić information content (AvgIpc) is 2.45. The third kappa shape index (κ3) is 1.66. The molecule has 0 aromatic carbocycles. The summed E-state index contributed by atoms with van der Waals surface area (Å²) in [4.78, 5) is 15.6. The van der Waals surface area contributed by atoms with Crippen LogP contribution in [0, 0.1) is 0 Å². The predicted octanol–water partition coefficient (Wildman–Crippen LogP) is 0.640. The summed E-state index contributed by atoms with van der Waals surface area (Å²) in [5.41, 5.74) is -0.413. The van der Waals surface area contributed by atoms with Crippen LogP contribution in [0.2, 0.25) is 0 Å². The number of aliphatic imine (C=N–C) groups is 1. The number of hydrogen-bond donors (Lipinski definition) is 2. The van der Waals surface area contributed by atoms with Gasteiger partial charge in [-0.3, -0.25) is 15.1 Å². The van der Waals surface area contributed by atoms with Crippen LogP contribution in [-0.4, -0.2) is 24.5 Å². The van der Waals surface area contributed by atoms with Gasteiger partial charge < -0.3 is 5.32 Å². The third-order valence-electron chi connectivity index (χ3n) is 2.53. The van der Waals surface area contributed by atoms with Crippen LogP contribution in [0.3, 0.4) is 0 Å². The second-order valence-electron chi connectivity index (χ2n) is 3.34. The quantitative estimate of drug-likeness (QED) is 0.674. The molecule has 2 N–H and O–H groups in total. The lowest BCUT2D eigenvalue weighted by atomic mass is 9.91. The molecule has 1 rings (SSSR count). The van der Waals surface area contributed by atoms with Crippen molar-refractivity contribution in [1.82, 2.24) is 10.6 Å². The van der Waals surface area contributed by atoms with Crippen LogP contribution in [0.15, 0.2) is 4.99 Å². The molecule has 0 radical (unpaired) electrons. The number of amides is 1. The molecule has 1 heterocycles. The van der Waals surface area contributed by atoms with E-state index < -0.39 is 5.54 Å². The highest BCUT2D eigenvalue weighted by Crippen LogP contribution is 2.20. The Hall–Kier alpha value is -1.06. The molecule has 1 unspecified atom stereocenters. The molecule has 0 saturated carbocycles. The Labute approximate surface area is 78.8 Å². The summed E-state index contributed by atoms with van der Waals surface area (Å²) in [7, 11) is 1.67. The van der Waals surface area contributed by atoms with Crippen LogP contribution in [0.5, 0.6) is 0 Å². The van der Waals surface area contributed by atoms with Crippen LogP contribution < -0.4 is 10.6 Å². The zero-order chi connectivity index (χ0) is 9.90. The normalized spacial score (nSPS) is 30.4. The number of nitrogens with zero attached hydrogens (tertiary/aromatic N) is 1. The Morgan fingerprint density at radius 3 is 2.54 bits per heavy atom. The van der Waals surface area contributed by atoms with Crippen molar-refractivity contribution in [3.63, 3.8) is 0 Å². The van der Waals surface area contributed by atoms with E-state index in [2.05, 4.69) is 22.5 Å². The summed E-state index contributed by atoms with van der Waals surface area (Å²) in [6, 6.07) is 0. The van der Waals surface area contributed by atoms with Gasteiger partial charge in [0, 0.05) is 7.05 Å². The minimum atomic E-state index is -0.413. The summed E-state index contributed by atoms with van der Waals surface area (Å²) >= 11 is 0. The van der Waals surface area contributed by atoms with Crippen molar-refractivity contribution in [1.29, 1.82) is 0 Å². The maximum atomic E-state index is 11.6. The molecule has 4 heteroatoms. The predicted molar refractivity (Wildman–Crippen MR) is 52.6 cm³/mol. The summed E-state index contributed by atoms with van der Waals surface area (Å²) in [6.45, 7) is 4.09. The fourth-order valence-electron chi connectivity index (χ4n) is 1.68. The van der Waals surface area contributed by atoms with Crippen LogP contribution in [0.1, 0.15) is 33.1 Å². The molecule has 0 spiro atoms. The van der Waals surface area contributed by atoms with E-state index in [-0.39, 0.29) is 5.91 Å². The first-order valence-electron chi connectivity index (χ1n) is 4.75. The maximum absolute atomic E-state index is 11.6. The molecule has 0 bridgehead atoms.